The van der Waals surface area contributed by atoms with E-state index < -0.39 is 17.3 Å². The minimum absolute atomic E-state index is 0.126. The molecule has 1 unspecified atom stereocenters. The number of carboxylic acid groups (broad SMARTS) is 1. The molecule has 0 bridgehead atoms. The van der Waals surface area contributed by atoms with Crippen molar-refractivity contribution in [3.63, 3.8) is 0 Å². The van der Waals surface area contributed by atoms with Crippen molar-refractivity contribution in [3.8, 4) is 0 Å². The molecule has 1 amide bonds. The summed E-state index contributed by atoms with van der Waals surface area (Å²) in [5, 5.41) is 16.8. The third-order valence-corrected chi connectivity index (χ3v) is 6.16. The smallest absolute Gasteiger partial charge is 0.307 e. The van der Waals surface area contributed by atoms with Gasteiger partial charge >= 0.3 is 5.97 Å². The summed E-state index contributed by atoms with van der Waals surface area (Å²) < 4.78 is 5.52. The molecule has 0 spiro atoms. The molecule has 0 saturated heterocycles. The predicted octanol–water partition coefficient (Wildman–Crippen LogP) is 3.83. The second kappa shape index (κ2) is 11.6. The van der Waals surface area contributed by atoms with Crippen LogP contribution in [0.15, 0.2) is 4.52 Å². The molecule has 1 aromatic rings. The normalized spacial score (nSPS) is 17.5. The number of nitrogens with one attached hydrogen (secondary N) is 1. The van der Waals surface area contributed by atoms with Gasteiger partial charge in [-0.1, -0.05) is 70.9 Å². The van der Waals surface area contributed by atoms with Crippen LogP contribution in [-0.2, 0) is 16.1 Å². The summed E-state index contributed by atoms with van der Waals surface area (Å²) >= 11 is 0. The van der Waals surface area contributed by atoms with E-state index in [0.29, 0.717) is 18.1 Å². The summed E-state index contributed by atoms with van der Waals surface area (Å²) in [6.45, 7) is 6.27. The van der Waals surface area contributed by atoms with Gasteiger partial charge < -0.3 is 19.8 Å². The Morgan fingerprint density at radius 3 is 2.48 bits per heavy atom. The van der Waals surface area contributed by atoms with Gasteiger partial charge in [0.15, 0.2) is 5.82 Å². The zero-order valence-electron chi connectivity index (χ0n) is 19.8. The Balaban J connectivity index is 2.09. The molecule has 2 N–H and O–H groups in total. The fourth-order valence-corrected chi connectivity index (χ4v) is 4.69. The number of carbonyl (C=O) groups excluding carboxylic acids is 1. The molecule has 1 fully saturated rings. The maximum absolute atomic E-state index is 12.2. The van der Waals surface area contributed by atoms with Gasteiger partial charge in [0.2, 0.25) is 11.8 Å². The average molecular weight is 437 g/mol. The number of likely N-dealkylation sites (N-methyl/N-ethyl adjacent to an activating group) is 1. The van der Waals surface area contributed by atoms with Crippen molar-refractivity contribution < 1.29 is 19.2 Å². The highest BCUT2D eigenvalue weighted by Crippen LogP contribution is 2.41. The Kier molecular flexibility index (Phi) is 9.47. The highest BCUT2D eigenvalue weighted by molar-refractivity contribution is 5.77. The SMILES string of the molecule is CN(C)CC(=O)NCc1noc([C@H](CCCC2CCCCC2)C(C(=O)O)C(C)(C)C)n1. The Bertz CT molecular complexity index is 705. The van der Waals surface area contributed by atoms with E-state index in [-0.39, 0.29) is 24.9 Å². The van der Waals surface area contributed by atoms with E-state index in [0.717, 1.165) is 18.8 Å². The van der Waals surface area contributed by atoms with E-state index in [1.165, 1.54) is 32.1 Å². The van der Waals surface area contributed by atoms with Crippen LogP contribution in [0.2, 0.25) is 0 Å². The number of carbonyl (C=O) groups is 2. The second-order valence-corrected chi connectivity index (χ2v) is 10.3. The van der Waals surface area contributed by atoms with Crippen LogP contribution in [-0.4, -0.2) is 52.7 Å². The van der Waals surface area contributed by atoms with Crippen LogP contribution in [0.5, 0.6) is 0 Å². The van der Waals surface area contributed by atoms with Crippen LogP contribution in [0.3, 0.4) is 0 Å². The van der Waals surface area contributed by atoms with Gasteiger partial charge in [0.05, 0.1) is 24.9 Å². The van der Waals surface area contributed by atoms with Gasteiger partial charge in [0.25, 0.3) is 0 Å². The summed E-state index contributed by atoms with van der Waals surface area (Å²) in [6.07, 6.45) is 9.29. The monoisotopic (exact) mass is 436 g/mol. The minimum atomic E-state index is -0.839. The zero-order valence-corrected chi connectivity index (χ0v) is 19.8. The summed E-state index contributed by atoms with van der Waals surface area (Å²) in [7, 11) is 3.64. The fraction of sp³-hybridized carbons (Fsp3) is 0.826. The first-order valence-corrected chi connectivity index (χ1v) is 11.5. The maximum Gasteiger partial charge on any atom is 0.307 e. The number of hydrogen-bond acceptors (Lipinski definition) is 6. The van der Waals surface area contributed by atoms with Crippen LogP contribution in [0.4, 0.5) is 0 Å². The lowest BCUT2D eigenvalue weighted by Crippen LogP contribution is -2.34. The molecular formula is C23H40N4O4. The van der Waals surface area contributed by atoms with Crippen molar-refractivity contribution in [2.45, 2.75) is 84.6 Å². The van der Waals surface area contributed by atoms with Gasteiger partial charge in [0.1, 0.15) is 0 Å². The first kappa shape index (κ1) is 25.3. The van der Waals surface area contributed by atoms with Crippen LogP contribution in [0, 0.1) is 17.3 Å². The van der Waals surface area contributed by atoms with E-state index in [1.54, 1.807) is 4.90 Å². The molecule has 2 rings (SSSR count). The molecule has 8 nitrogen and oxygen atoms in total. The number of aliphatic carboxylic acids is 1. The van der Waals surface area contributed by atoms with E-state index in [4.69, 9.17) is 4.52 Å². The Morgan fingerprint density at radius 1 is 1.23 bits per heavy atom. The van der Waals surface area contributed by atoms with Crippen LogP contribution >= 0.6 is 0 Å². The molecule has 176 valence electrons. The van der Waals surface area contributed by atoms with E-state index >= 15 is 0 Å². The molecule has 31 heavy (non-hydrogen) atoms. The van der Waals surface area contributed by atoms with Crippen molar-refractivity contribution >= 4 is 11.9 Å². The largest absolute Gasteiger partial charge is 0.481 e. The van der Waals surface area contributed by atoms with Crippen LogP contribution in [0.1, 0.15) is 89.8 Å². The highest BCUT2D eigenvalue weighted by atomic mass is 16.5. The van der Waals surface area contributed by atoms with Gasteiger partial charge in [-0.2, -0.15) is 4.98 Å². The van der Waals surface area contributed by atoms with Gasteiger partial charge in [-0.15, -0.1) is 0 Å². The summed E-state index contributed by atoms with van der Waals surface area (Å²) in [4.78, 5) is 30.3. The first-order valence-electron chi connectivity index (χ1n) is 11.5. The average Bonchev–Trinajstić information content (AvgIpc) is 3.13. The number of aromatic nitrogens is 2. The lowest BCUT2D eigenvalue weighted by molar-refractivity contribution is -0.147. The number of nitrogens with zero attached hydrogens (tertiary/aromatic N) is 3. The van der Waals surface area contributed by atoms with Crippen molar-refractivity contribution in [1.82, 2.24) is 20.4 Å². The van der Waals surface area contributed by atoms with Crippen molar-refractivity contribution in [2.24, 2.45) is 17.3 Å². The molecule has 8 heteroatoms. The Morgan fingerprint density at radius 2 is 1.90 bits per heavy atom. The molecule has 1 aliphatic rings. The van der Waals surface area contributed by atoms with Gasteiger partial charge in [0, 0.05) is 0 Å². The lowest BCUT2D eigenvalue weighted by atomic mass is 9.71. The summed E-state index contributed by atoms with van der Waals surface area (Å²) in [5.74, 6) is -0.458. The lowest BCUT2D eigenvalue weighted by Gasteiger charge is -2.32. The number of hydrogen-bond donors (Lipinski definition) is 2. The topological polar surface area (TPSA) is 109 Å². The molecule has 2 atom stereocenters. The zero-order chi connectivity index (χ0) is 23.0. The molecule has 1 heterocycles. The number of carboxylic acids is 1. The van der Waals surface area contributed by atoms with Gasteiger partial charge in [-0.3, -0.25) is 9.59 Å². The van der Waals surface area contributed by atoms with Gasteiger partial charge in [-0.05, 0) is 31.8 Å². The van der Waals surface area contributed by atoms with Crippen molar-refractivity contribution in [3.05, 3.63) is 11.7 Å². The standard InChI is InChI=1S/C23H40N4O4/c1-23(2,3)20(22(29)30)17(13-9-12-16-10-7-6-8-11-16)21-25-18(26-31-21)14-24-19(28)15-27(4)5/h16-17,20H,6-15H2,1-5H3,(H,24,28)(H,29,30)/t17-,20?/m1/s1. The van der Waals surface area contributed by atoms with Crippen LogP contribution in [0.25, 0.3) is 0 Å². The third kappa shape index (κ3) is 8.24. The summed E-state index contributed by atoms with van der Waals surface area (Å²) in [5.41, 5.74) is -0.449. The first-order chi connectivity index (χ1) is 14.6. The molecule has 0 aliphatic heterocycles. The van der Waals surface area contributed by atoms with Crippen LogP contribution < -0.4 is 5.32 Å². The molecule has 1 aromatic heterocycles. The minimum Gasteiger partial charge on any atom is -0.481 e. The van der Waals surface area contributed by atoms with Gasteiger partial charge in [-0.25, -0.2) is 0 Å². The maximum atomic E-state index is 12.2. The Labute approximate surface area is 186 Å². The predicted molar refractivity (Wildman–Crippen MR) is 118 cm³/mol. The number of rotatable bonds is 11. The molecule has 0 aromatic carbocycles. The second-order valence-electron chi connectivity index (χ2n) is 10.3. The Hall–Kier alpha value is -1.96. The fourth-order valence-electron chi connectivity index (χ4n) is 4.69. The molecular weight excluding hydrogens is 396 g/mol. The quantitative estimate of drug-likeness (QED) is 0.542. The van der Waals surface area contributed by atoms with E-state index in [1.807, 2.05) is 34.9 Å². The van der Waals surface area contributed by atoms with E-state index in [9.17, 15) is 14.7 Å². The third-order valence-electron chi connectivity index (χ3n) is 6.16. The molecule has 1 saturated carbocycles. The highest BCUT2D eigenvalue weighted by Gasteiger charge is 2.41. The van der Waals surface area contributed by atoms with Crippen molar-refractivity contribution in [2.75, 3.05) is 20.6 Å². The number of amides is 1. The molecule has 1 aliphatic carbocycles. The van der Waals surface area contributed by atoms with Crippen molar-refractivity contribution in [1.29, 1.82) is 0 Å². The van der Waals surface area contributed by atoms with E-state index in [2.05, 4.69) is 15.5 Å². The molecule has 0 radical (unpaired) electrons. The summed E-state index contributed by atoms with van der Waals surface area (Å²) in [6, 6.07) is 0.